The summed E-state index contributed by atoms with van der Waals surface area (Å²) in [5.41, 5.74) is 3.42. The average Bonchev–Trinajstić information content (AvgIpc) is 3.26. The molecule has 3 unspecified atom stereocenters. The van der Waals surface area contributed by atoms with Crippen molar-refractivity contribution in [2.45, 2.75) is 56.0 Å². The summed E-state index contributed by atoms with van der Waals surface area (Å²) in [5.74, 6) is 1.97. The van der Waals surface area contributed by atoms with Crippen molar-refractivity contribution in [1.29, 1.82) is 0 Å². The van der Waals surface area contributed by atoms with Gasteiger partial charge in [0.15, 0.2) is 0 Å². The van der Waals surface area contributed by atoms with E-state index in [-0.39, 0.29) is 16.5 Å². The molecule has 2 heteroatoms. The van der Waals surface area contributed by atoms with Gasteiger partial charge in [0, 0.05) is 29.0 Å². The van der Waals surface area contributed by atoms with Crippen molar-refractivity contribution in [1.82, 2.24) is 5.32 Å². The maximum atomic E-state index is 9.75. The summed E-state index contributed by atoms with van der Waals surface area (Å²) < 4.78 is 0. The lowest BCUT2D eigenvalue weighted by Gasteiger charge is -2.39. The second kappa shape index (κ2) is 4.29. The maximum absolute atomic E-state index is 9.75. The lowest BCUT2D eigenvalue weighted by molar-refractivity contribution is 0.200. The molecule has 0 spiro atoms. The van der Waals surface area contributed by atoms with Crippen molar-refractivity contribution in [2.24, 2.45) is 17.8 Å². The Bertz CT molecular complexity index is 697. The first kappa shape index (κ1) is 14.2. The molecule has 1 saturated heterocycles. The highest BCUT2D eigenvalue weighted by Crippen LogP contribution is 2.71. The molecule has 122 valence electrons. The van der Waals surface area contributed by atoms with E-state index in [1.54, 1.807) is 0 Å². The van der Waals surface area contributed by atoms with Crippen LogP contribution in [0.2, 0.25) is 0 Å². The predicted octanol–water partition coefficient (Wildman–Crippen LogP) is 3.50. The molecule has 4 aliphatic rings. The largest absolute Gasteiger partial charge is 0.396 e. The molecular weight excluding hydrogens is 282 g/mol. The lowest BCUT2D eigenvalue weighted by Crippen LogP contribution is -2.49. The number of fused-ring (bicyclic) bond motifs is 5. The van der Waals surface area contributed by atoms with Crippen LogP contribution >= 0.6 is 0 Å². The minimum absolute atomic E-state index is 0.0306. The summed E-state index contributed by atoms with van der Waals surface area (Å²) in [6.45, 7) is 5.19. The molecule has 1 aromatic rings. The molecule has 1 heterocycles. The Morgan fingerprint density at radius 3 is 2.78 bits per heavy atom. The SMILES string of the molecule is CC12N[C@@](C)(c3ccccc3[C@@]3(CCO)C[C@@H]13)C1C=CCCC12. The minimum atomic E-state index is 0.0306. The Kier molecular flexibility index (Phi) is 2.65. The number of benzene rings is 1. The van der Waals surface area contributed by atoms with Gasteiger partial charge in [-0.25, -0.2) is 0 Å². The number of hydrogen-bond donors (Lipinski definition) is 2. The maximum Gasteiger partial charge on any atom is 0.0480 e. The zero-order valence-electron chi connectivity index (χ0n) is 14.2. The predicted molar refractivity (Wildman–Crippen MR) is 92.2 cm³/mol. The highest BCUT2D eigenvalue weighted by Gasteiger charge is 2.72. The second-order valence-electron chi connectivity index (χ2n) is 8.68. The number of rotatable bonds is 2. The standard InChI is InChI=1S/C21H27NO/c1-19-14-7-3-4-8-15(14)20(2,22-19)18-13-21(18,11-12-23)17-10-6-5-9-16(17)19/h3,5-7,9-10,14-15,18,22-23H,4,8,11-13H2,1-2H3/t14?,15?,18-,19+,20?,21+/m0/s1. The van der Waals surface area contributed by atoms with E-state index in [1.165, 1.54) is 30.4 Å². The van der Waals surface area contributed by atoms with Gasteiger partial charge in [-0.1, -0.05) is 36.4 Å². The topological polar surface area (TPSA) is 32.3 Å². The van der Waals surface area contributed by atoms with E-state index >= 15 is 0 Å². The van der Waals surface area contributed by atoms with E-state index in [0.717, 1.165) is 12.3 Å². The smallest absolute Gasteiger partial charge is 0.0480 e. The van der Waals surface area contributed by atoms with E-state index in [4.69, 9.17) is 0 Å². The fourth-order valence-corrected chi connectivity index (χ4v) is 6.80. The first-order valence-corrected chi connectivity index (χ1v) is 9.23. The van der Waals surface area contributed by atoms with Gasteiger partial charge in [0.2, 0.25) is 0 Å². The third kappa shape index (κ3) is 1.52. The summed E-state index contributed by atoms with van der Waals surface area (Å²) in [4.78, 5) is 0. The molecular formula is C21H27NO. The molecule has 6 atom stereocenters. The number of hydrogen-bond acceptors (Lipinski definition) is 2. The average molecular weight is 309 g/mol. The number of allylic oxidation sites excluding steroid dienone is 1. The van der Waals surface area contributed by atoms with Crippen LogP contribution in [-0.2, 0) is 11.0 Å². The molecule has 3 aliphatic carbocycles. The first-order chi connectivity index (χ1) is 11.1. The van der Waals surface area contributed by atoms with Crippen LogP contribution in [0.4, 0.5) is 0 Å². The van der Waals surface area contributed by atoms with Gasteiger partial charge >= 0.3 is 0 Å². The van der Waals surface area contributed by atoms with Crippen molar-refractivity contribution < 1.29 is 5.11 Å². The monoisotopic (exact) mass is 309 g/mol. The quantitative estimate of drug-likeness (QED) is 0.820. The molecule has 23 heavy (non-hydrogen) atoms. The molecule has 2 N–H and O–H groups in total. The molecule has 0 aromatic heterocycles. The summed E-state index contributed by atoms with van der Waals surface area (Å²) in [5, 5.41) is 13.9. The number of aliphatic hydroxyl groups is 1. The lowest BCUT2D eigenvalue weighted by atomic mass is 9.63. The van der Waals surface area contributed by atoms with Gasteiger partial charge in [0.1, 0.15) is 0 Å². The molecule has 0 amide bonds. The van der Waals surface area contributed by atoms with Crippen molar-refractivity contribution in [3.8, 4) is 0 Å². The van der Waals surface area contributed by atoms with Crippen LogP contribution < -0.4 is 5.32 Å². The fourth-order valence-electron chi connectivity index (χ4n) is 6.80. The molecule has 0 radical (unpaired) electrons. The van der Waals surface area contributed by atoms with Crippen LogP contribution in [0.25, 0.3) is 0 Å². The summed E-state index contributed by atoms with van der Waals surface area (Å²) in [6, 6.07) is 9.06. The third-order valence-corrected chi connectivity index (χ3v) is 7.77. The Hall–Kier alpha value is -1.12. The van der Waals surface area contributed by atoms with Gasteiger partial charge in [-0.05, 0) is 62.5 Å². The molecule has 1 aromatic carbocycles. The first-order valence-electron chi connectivity index (χ1n) is 9.23. The van der Waals surface area contributed by atoms with Gasteiger partial charge in [-0.3, -0.25) is 0 Å². The van der Waals surface area contributed by atoms with Crippen LogP contribution in [0.5, 0.6) is 0 Å². The van der Waals surface area contributed by atoms with E-state index in [0.29, 0.717) is 18.4 Å². The van der Waals surface area contributed by atoms with Gasteiger partial charge < -0.3 is 10.4 Å². The molecule has 2 fully saturated rings. The minimum Gasteiger partial charge on any atom is -0.396 e. The van der Waals surface area contributed by atoms with Crippen LogP contribution in [0.1, 0.15) is 50.7 Å². The molecule has 2 bridgehead atoms. The van der Waals surface area contributed by atoms with Gasteiger partial charge in [0.25, 0.3) is 0 Å². The van der Waals surface area contributed by atoms with E-state index in [2.05, 4.69) is 55.6 Å². The second-order valence-corrected chi connectivity index (χ2v) is 8.68. The van der Waals surface area contributed by atoms with E-state index in [9.17, 15) is 5.11 Å². The zero-order chi connectivity index (χ0) is 15.9. The van der Waals surface area contributed by atoms with Gasteiger partial charge in [-0.2, -0.15) is 0 Å². The van der Waals surface area contributed by atoms with Crippen molar-refractivity contribution >= 4 is 0 Å². The molecule has 1 aliphatic heterocycles. The Balaban J connectivity index is 1.78. The summed E-state index contributed by atoms with van der Waals surface area (Å²) >= 11 is 0. The van der Waals surface area contributed by atoms with Gasteiger partial charge in [0.05, 0.1) is 0 Å². The van der Waals surface area contributed by atoms with Crippen molar-refractivity contribution in [3.05, 3.63) is 47.5 Å². The van der Waals surface area contributed by atoms with Crippen molar-refractivity contribution in [3.63, 3.8) is 0 Å². The molecule has 1 saturated carbocycles. The number of aliphatic hydroxyl groups excluding tert-OH is 1. The summed E-state index contributed by atoms with van der Waals surface area (Å²) in [7, 11) is 0. The Labute approximate surface area is 139 Å². The molecule has 5 rings (SSSR count). The van der Waals surface area contributed by atoms with Crippen molar-refractivity contribution in [2.75, 3.05) is 6.61 Å². The molecule has 2 nitrogen and oxygen atoms in total. The van der Waals surface area contributed by atoms with Gasteiger partial charge in [-0.15, -0.1) is 0 Å². The van der Waals surface area contributed by atoms with Crippen LogP contribution in [0.3, 0.4) is 0 Å². The van der Waals surface area contributed by atoms with E-state index < -0.39 is 0 Å². The van der Waals surface area contributed by atoms with E-state index in [1.807, 2.05) is 0 Å². The van der Waals surface area contributed by atoms with Crippen LogP contribution in [0, 0.1) is 17.8 Å². The van der Waals surface area contributed by atoms with Crippen LogP contribution in [-0.4, -0.2) is 17.3 Å². The van der Waals surface area contributed by atoms with Crippen LogP contribution in [0.15, 0.2) is 36.4 Å². The number of nitrogens with one attached hydrogen (secondary N) is 1. The third-order valence-electron chi connectivity index (χ3n) is 7.77. The fraction of sp³-hybridized carbons (Fsp3) is 0.619. The Morgan fingerprint density at radius 2 is 2.00 bits per heavy atom. The highest BCUT2D eigenvalue weighted by molar-refractivity contribution is 5.51. The summed E-state index contributed by atoms with van der Waals surface area (Å²) in [6.07, 6.45) is 9.55. The normalized spacial score (nSPS) is 49.1. The Morgan fingerprint density at radius 1 is 1.22 bits per heavy atom. The highest BCUT2D eigenvalue weighted by atomic mass is 16.3. The zero-order valence-corrected chi connectivity index (χ0v) is 14.2.